The van der Waals surface area contributed by atoms with Crippen molar-refractivity contribution in [2.24, 2.45) is 0 Å². The third-order valence-electron chi connectivity index (χ3n) is 4.80. The standard InChI is InChI=1S/C24H27N3O5S/c1-4-32-21-11-9-20(10-12-21)27(17-24(28)26-16-19-7-5-6-14-25-19)33(29,30)23-15-18(2)8-13-22(23)31-3/h5-15H,4,16-17H2,1-3H3,(H,26,28). The molecule has 3 aromatic rings. The van der Waals surface area contributed by atoms with E-state index in [-0.39, 0.29) is 17.2 Å². The van der Waals surface area contributed by atoms with Crippen LogP contribution in [0.1, 0.15) is 18.2 Å². The zero-order valence-corrected chi connectivity index (χ0v) is 19.6. The molecular formula is C24H27N3O5S. The van der Waals surface area contributed by atoms with Crippen LogP contribution in [0.3, 0.4) is 0 Å². The van der Waals surface area contributed by atoms with E-state index in [1.807, 2.05) is 13.0 Å². The fourth-order valence-electron chi connectivity index (χ4n) is 3.17. The summed E-state index contributed by atoms with van der Waals surface area (Å²) in [5.74, 6) is 0.335. The summed E-state index contributed by atoms with van der Waals surface area (Å²) in [7, 11) is -2.72. The molecule has 2 aromatic carbocycles. The molecule has 33 heavy (non-hydrogen) atoms. The summed E-state index contributed by atoms with van der Waals surface area (Å²) in [5, 5.41) is 2.73. The Morgan fingerprint density at radius 2 is 1.85 bits per heavy atom. The zero-order valence-electron chi connectivity index (χ0n) is 18.8. The van der Waals surface area contributed by atoms with Crippen molar-refractivity contribution in [1.82, 2.24) is 10.3 Å². The van der Waals surface area contributed by atoms with E-state index >= 15 is 0 Å². The maximum atomic E-state index is 13.7. The summed E-state index contributed by atoms with van der Waals surface area (Å²) in [5.41, 5.74) is 1.75. The fourth-order valence-corrected chi connectivity index (χ4v) is 4.84. The number of methoxy groups -OCH3 is 1. The minimum atomic E-state index is -4.13. The lowest BCUT2D eigenvalue weighted by Crippen LogP contribution is -2.40. The van der Waals surface area contributed by atoms with Crippen LogP contribution in [-0.4, -0.2) is 39.6 Å². The van der Waals surface area contributed by atoms with Crippen LogP contribution >= 0.6 is 0 Å². The summed E-state index contributed by atoms with van der Waals surface area (Å²) in [6.45, 7) is 3.91. The number of hydrogen-bond donors (Lipinski definition) is 1. The number of anilines is 1. The average molecular weight is 470 g/mol. The van der Waals surface area contributed by atoms with Crippen LogP contribution < -0.4 is 19.1 Å². The monoisotopic (exact) mass is 469 g/mol. The normalized spacial score (nSPS) is 11.0. The number of sulfonamides is 1. The molecule has 0 fully saturated rings. The van der Waals surface area contributed by atoms with Crippen molar-refractivity contribution in [2.75, 3.05) is 24.6 Å². The Kier molecular flexibility index (Phi) is 7.89. The summed E-state index contributed by atoms with van der Waals surface area (Å²) in [6.07, 6.45) is 1.63. The molecule has 0 unspecified atom stereocenters. The quantitative estimate of drug-likeness (QED) is 0.489. The van der Waals surface area contributed by atoms with Gasteiger partial charge in [-0.3, -0.25) is 14.1 Å². The second-order valence-electron chi connectivity index (χ2n) is 7.19. The molecule has 1 N–H and O–H groups in total. The van der Waals surface area contributed by atoms with Gasteiger partial charge in [-0.2, -0.15) is 0 Å². The lowest BCUT2D eigenvalue weighted by molar-refractivity contribution is -0.119. The lowest BCUT2D eigenvalue weighted by Gasteiger charge is -2.25. The SMILES string of the molecule is CCOc1ccc(N(CC(=O)NCc2ccccn2)S(=O)(=O)c2cc(C)ccc2OC)cc1. The average Bonchev–Trinajstić information content (AvgIpc) is 2.82. The van der Waals surface area contributed by atoms with E-state index in [9.17, 15) is 13.2 Å². The van der Waals surface area contributed by atoms with Gasteiger partial charge in [-0.25, -0.2) is 8.42 Å². The van der Waals surface area contributed by atoms with Crippen molar-refractivity contribution < 1.29 is 22.7 Å². The summed E-state index contributed by atoms with van der Waals surface area (Å²) in [4.78, 5) is 16.9. The summed E-state index contributed by atoms with van der Waals surface area (Å²) >= 11 is 0. The number of carbonyl (C=O) groups is 1. The molecule has 0 aliphatic heterocycles. The van der Waals surface area contributed by atoms with E-state index in [1.54, 1.807) is 61.7 Å². The van der Waals surface area contributed by atoms with E-state index in [2.05, 4.69) is 10.3 Å². The number of pyridine rings is 1. The van der Waals surface area contributed by atoms with Crippen LogP contribution in [0, 0.1) is 6.92 Å². The van der Waals surface area contributed by atoms with Gasteiger partial charge in [0.2, 0.25) is 5.91 Å². The summed E-state index contributed by atoms with van der Waals surface area (Å²) < 4.78 is 39.2. The van der Waals surface area contributed by atoms with Crippen molar-refractivity contribution >= 4 is 21.6 Å². The Morgan fingerprint density at radius 3 is 2.48 bits per heavy atom. The van der Waals surface area contributed by atoms with Crippen LogP contribution in [0.5, 0.6) is 11.5 Å². The highest BCUT2D eigenvalue weighted by atomic mass is 32.2. The molecule has 0 bridgehead atoms. The van der Waals surface area contributed by atoms with Gasteiger partial charge in [0.05, 0.1) is 31.6 Å². The Bertz CT molecular complexity index is 1180. The van der Waals surface area contributed by atoms with Gasteiger partial charge in [0.15, 0.2) is 0 Å². The Balaban J connectivity index is 1.94. The highest BCUT2D eigenvalue weighted by Crippen LogP contribution is 2.31. The zero-order chi connectivity index (χ0) is 23.8. The molecule has 1 heterocycles. The molecule has 1 aromatic heterocycles. The minimum Gasteiger partial charge on any atom is -0.495 e. The number of benzene rings is 2. The smallest absolute Gasteiger partial charge is 0.268 e. The predicted molar refractivity (Wildman–Crippen MR) is 126 cm³/mol. The van der Waals surface area contributed by atoms with Crippen molar-refractivity contribution in [1.29, 1.82) is 0 Å². The van der Waals surface area contributed by atoms with Crippen molar-refractivity contribution in [2.45, 2.75) is 25.3 Å². The third-order valence-corrected chi connectivity index (χ3v) is 6.60. The number of aryl methyl sites for hydroxylation is 1. The molecule has 0 saturated heterocycles. The molecule has 0 spiro atoms. The van der Waals surface area contributed by atoms with E-state index in [0.29, 0.717) is 23.7 Å². The van der Waals surface area contributed by atoms with Gasteiger partial charge < -0.3 is 14.8 Å². The number of nitrogens with zero attached hydrogens (tertiary/aromatic N) is 2. The second kappa shape index (κ2) is 10.8. The largest absolute Gasteiger partial charge is 0.495 e. The van der Waals surface area contributed by atoms with Crippen LogP contribution in [-0.2, 0) is 21.4 Å². The number of nitrogens with one attached hydrogen (secondary N) is 1. The minimum absolute atomic E-state index is 0.0172. The van der Waals surface area contributed by atoms with Gasteiger partial charge in [-0.05, 0) is 67.9 Å². The molecule has 9 heteroatoms. The van der Waals surface area contributed by atoms with Crippen LogP contribution in [0.2, 0.25) is 0 Å². The number of rotatable bonds is 10. The third kappa shape index (κ3) is 6.01. The van der Waals surface area contributed by atoms with E-state index in [0.717, 1.165) is 9.87 Å². The van der Waals surface area contributed by atoms with Crippen LogP contribution in [0.15, 0.2) is 71.8 Å². The molecule has 0 atom stereocenters. The predicted octanol–water partition coefficient (Wildman–Crippen LogP) is 3.31. The first kappa shape index (κ1) is 24.1. The molecule has 1 amide bonds. The number of hydrogen-bond acceptors (Lipinski definition) is 6. The molecule has 0 aliphatic carbocycles. The fraction of sp³-hybridized carbons (Fsp3) is 0.250. The summed E-state index contributed by atoms with van der Waals surface area (Å²) in [6, 6.07) is 16.8. The Hall–Kier alpha value is -3.59. The van der Waals surface area contributed by atoms with Gasteiger partial charge in [-0.15, -0.1) is 0 Å². The maximum Gasteiger partial charge on any atom is 0.268 e. The van der Waals surface area contributed by atoms with E-state index < -0.39 is 22.5 Å². The second-order valence-corrected chi connectivity index (χ2v) is 9.02. The molecular weight excluding hydrogens is 442 g/mol. The van der Waals surface area contributed by atoms with Crippen molar-refractivity contribution in [3.05, 3.63) is 78.1 Å². The topological polar surface area (TPSA) is 97.8 Å². The van der Waals surface area contributed by atoms with Crippen LogP contribution in [0.4, 0.5) is 5.69 Å². The number of aromatic nitrogens is 1. The molecule has 8 nitrogen and oxygen atoms in total. The number of ether oxygens (including phenoxy) is 2. The number of amides is 1. The maximum absolute atomic E-state index is 13.7. The molecule has 174 valence electrons. The van der Waals surface area contributed by atoms with Gasteiger partial charge in [0.25, 0.3) is 10.0 Å². The first-order valence-electron chi connectivity index (χ1n) is 10.4. The molecule has 3 rings (SSSR count). The van der Waals surface area contributed by atoms with Crippen LogP contribution in [0.25, 0.3) is 0 Å². The first-order valence-corrected chi connectivity index (χ1v) is 11.9. The van der Waals surface area contributed by atoms with Gasteiger partial charge in [0, 0.05) is 6.20 Å². The molecule has 0 radical (unpaired) electrons. The van der Waals surface area contributed by atoms with Gasteiger partial charge in [0.1, 0.15) is 22.9 Å². The van der Waals surface area contributed by atoms with E-state index in [4.69, 9.17) is 9.47 Å². The van der Waals surface area contributed by atoms with Gasteiger partial charge in [-0.1, -0.05) is 12.1 Å². The lowest BCUT2D eigenvalue weighted by atomic mass is 10.2. The van der Waals surface area contributed by atoms with E-state index in [1.165, 1.54) is 13.2 Å². The van der Waals surface area contributed by atoms with Crippen molar-refractivity contribution in [3.8, 4) is 11.5 Å². The van der Waals surface area contributed by atoms with Crippen molar-refractivity contribution in [3.63, 3.8) is 0 Å². The molecule has 0 aliphatic rings. The van der Waals surface area contributed by atoms with Gasteiger partial charge >= 0.3 is 0 Å². The highest BCUT2D eigenvalue weighted by Gasteiger charge is 2.30. The highest BCUT2D eigenvalue weighted by molar-refractivity contribution is 7.93. The Labute approximate surface area is 194 Å². The molecule has 0 saturated carbocycles. The number of carbonyl (C=O) groups excluding carboxylic acids is 1. The Morgan fingerprint density at radius 1 is 1.09 bits per heavy atom. The first-order chi connectivity index (χ1) is 15.8.